The van der Waals surface area contributed by atoms with Crippen molar-refractivity contribution < 1.29 is 28.2 Å². The molecule has 0 atom stereocenters. The molecule has 0 saturated carbocycles. The number of amides is 2. The topological polar surface area (TPSA) is 74.3 Å². The Labute approximate surface area is 138 Å². The highest BCUT2D eigenvalue weighted by atomic mass is 28.4. The van der Waals surface area contributed by atoms with Gasteiger partial charge in [0.25, 0.3) is 11.8 Å². The molecule has 0 spiro atoms. The third-order valence-corrected chi connectivity index (χ3v) is 3.94. The van der Waals surface area contributed by atoms with Crippen LogP contribution in [0, 0.1) is 0 Å². The van der Waals surface area contributed by atoms with E-state index in [-0.39, 0.29) is 18.4 Å². The highest BCUT2D eigenvalue weighted by Gasteiger charge is 2.22. The van der Waals surface area contributed by atoms with Crippen molar-refractivity contribution in [2.24, 2.45) is 0 Å². The van der Waals surface area contributed by atoms with Crippen LogP contribution in [-0.4, -0.2) is 77.8 Å². The SMILES string of the molecule is C[Si](C)(C)OCCOCCOCCOCCN1C(=O)C=CC1=O. The van der Waals surface area contributed by atoms with Crippen LogP contribution in [0.15, 0.2) is 12.2 Å². The largest absolute Gasteiger partial charge is 0.415 e. The lowest BCUT2D eigenvalue weighted by Crippen LogP contribution is -2.33. The van der Waals surface area contributed by atoms with Crippen LogP contribution in [0.1, 0.15) is 0 Å². The second kappa shape index (κ2) is 10.7. The van der Waals surface area contributed by atoms with Crippen molar-refractivity contribution in [1.29, 1.82) is 0 Å². The van der Waals surface area contributed by atoms with Gasteiger partial charge in [0, 0.05) is 12.2 Å². The number of nitrogens with zero attached hydrogens (tertiary/aromatic N) is 1. The number of hydrogen-bond acceptors (Lipinski definition) is 6. The van der Waals surface area contributed by atoms with E-state index in [1.165, 1.54) is 12.2 Å². The lowest BCUT2D eigenvalue weighted by molar-refractivity contribution is -0.137. The van der Waals surface area contributed by atoms with Crippen LogP contribution < -0.4 is 0 Å². The predicted molar refractivity (Wildman–Crippen MR) is 87.6 cm³/mol. The Balaban J connectivity index is 1.82. The van der Waals surface area contributed by atoms with E-state index in [0.29, 0.717) is 46.2 Å². The van der Waals surface area contributed by atoms with Gasteiger partial charge in [-0.05, 0) is 19.6 Å². The average Bonchev–Trinajstić information content (AvgIpc) is 2.78. The minimum Gasteiger partial charge on any atom is -0.415 e. The molecule has 0 aromatic heterocycles. The van der Waals surface area contributed by atoms with Gasteiger partial charge in [0.1, 0.15) is 0 Å². The minimum atomic E-state index is -1.45. The van der Waals surface area contributed by atoms with E-state index >= 15 is 0 Å². The molecule has 0 aromatic carbocycles. The van der Waals surface area contributed by atoms with E-state index < -0.39 is 8.32 Å². The van der Waals surface area contributed by atoms with Crippen LogP contribution in [0.3, 0.4) is 0 Å². The third kappa shape index (κ3) is 9.62. The summed E-state index contributed by atoms with van der Waals surface area (Å²) in [5.74, 6) is -0.574. The summed E-state index contributed by atoms with van der Waals surface area (Å²) < 4.78 is 21.7. The van der Waals surface area contributed by atoms with Gasteiger partial charge in [-0.15, -0.1) is 0 Å². The Morgan fingerprint density at radius 2 is 1.22 bits per heavy atom. The molecule has 1 rings (SSSR count). The van der Waals surface area contributed by atoms with Gasteiger partial charge in [-0.25, -0.2) is 0 Å². The fourth-order valence-corrected chi connectivity index (χ4v) is 2.45. The summed E-state index contributed by atoms with van der Waals surface area (Å²) >= 11 is 0. The summed E-state index contributed by atoms with van der Waals surface area (Å²) in [6, 6.07) is 0. The minimum absolute atomic E-state index is 0.269. The zero-order valence-electron chi connectivity index (χ0n) is 14.2. The summed E-state index contributed by atoms with van der Waals surface area (Å²) in [4.78, 5) is 23.7. The van der Waals surface area contributed by atoms with E-state index in [2.05, 4.69) is 19.6 Å². The van der Waals surface area contributed by atoms with Crippen molar-refractivity contribution in [3.63, 3.8) is 0 Å². The first-order valence-electron chi connectivity index (χ1n) is 7.81. The lowest BCUT2D eigenvalue weighted by Gasteiger charge is -2.16. The number of imide groups is 1. The molecule has 23 heavy (non-hydrogen) atoms. The summed E-state index contributed by atoms with van der Waals surface area (Å²) in [5.41, 5.74) is 0. The third-order valence-electron chi connectivity index (χ3n) is 2.87. The number of ether oxygens (including phenoxy) is 3. The Morgan fingerprint density at radius 1 is 0.783 bits per heavy atom. The predicted octanol–water partition coefficient (Wildman–Crippen LogP) is 0.813. The zero-order chi connectivity index (χ0) is 17.1. The average molecular weight is 345 g/mol. The van der Waals surface area contributed by atoms with Gasteiger partial charge in [0.15, 0.2) is 8.32 Å². The number of hydrogen-bond donors (Lipinski definition) is 0. The van der Waals surface area contributed by atoms with Crippen molar-refractivity contribution in [2.75, 3.05) is 52.8 Å². The maximum absolute atomic E-state index is 11.3. The molecule has 0 unspecified atom stereocenters. The van der Waals surface area contributed by atoms with Crippen LogP contribution >= 0.6 is 0 Å². The first-order valence-corrected chi connectivity index (χ1v) is 11.2. The molecule has 8 heteroatoms. The molecule has 0 fully saturated rings. The smallest absolute Gasteiger partial charge is 0.253 e. The van der Waals surface area contributed by atoms with Crippen LogP contribution in [0.5, 0.6) is 0 Å². The molecule has 1 aliphatic rings. The molecule has 7 nitrogen and oxygen atoms in total. The molecule has 0 saturated heterocycles. The molecule has 0 radical (unpaired) electrons. The van der Waals surface area contributed by atoms with Crippen molar-refractivity contribution in [2.45, 2.75) is 19.6 Å². The Morgan fingerprint density at radius 3 is 1.70 bits per heavy atom. The van der Waals surface area contributed by atoms with Crippen molar-refractivity contribution in [3.05, 3.63) is 12.2 Å². The molecule has 0 aromatic rings. The van der Waals surface area contributed by atoms with Crippen molar-refractivity contribution >= 4 is 20.1 Å². The molecule has 0 aliphatic carbocycles. The van der Waals surface area contributed by atoms with E-state index in [1.807, 2.05) is 0 Å². The van der Waals surface area contributed by atoms with Gasteiger partial charge >= 0.3 is 0 Å². The molecule has 0 N–H and O–H groups in total. The monoisotopic (exact) mass is 345 g/mol. The number of carbonyl (C=O) groups excluding carboxylic acids is 2. The Kier molecular flexibility index (Phi) is 9.26. The highest BCUT2D eigenvalue weighted by molar-refractivity contribution is 6.69. The van der Waals surface area contributed by atoms with Crippen molar-refractivity contribution in [1.82, 2.24) is 4.90 Å². The van der Waals surface area contributed by atoms with Gasteiger partial charge in [0.05, 0.1) is 52.8 Å². The molecule has 1 aliphatic heterocycles. The van der Waals surface area contributed by atoms with E-state index in [9.17, 15) is 9.59 Å². The van der Waals surface area contributed by atoms with Gasteiger partial charge < -0.3 is 18.6 Å². The van der Waals surface area contributed by atoms with E-state index in [1.54, 1.807) is 0 Å². The first kappa shape index (κ1) is 20.0. The van der Waals surface area contributed by atoms with Gasteiger partial charge in [-0.3, -0.25) is 14.5 Å². The fourth-order valence-electron chi connectivity index (χ4n) is 1.76. The molecule has 1 heterocycles. The maximum Gasteiger partial charge on any atom is 0.253 e. The van der Waals surface area contributed by atoms with E-state index in [0.717, 1.165) is 4.90 Å². The Hall–Kier alpha value is -1.06. The standard InChI is InChI=1S/C15H27NO6Si/c1-23(2,3)22-13-12-21-11-10-20-9-8-19-7-6-16-14(17)4-5-15(16)18/h4-5H,6-13H2,1-3H3. The van der Waals surface area contributed by atoms with Crippen LogP contribution in [0.25, 0.3) is 0 Å². The number of carbonyl (C=O) groups is 2. The summed E-state index contributed by atoms with van der Waals surface area (Å²) in [5, 5.41) is 0. The molecular weight excluding hydrogens is 318 g/mol. The summed E-state index contributed by atoms with van der Waals surface area (Å²) in [6.45, 7) is 10.1. The molecule has 0 bridgehead atoms. The van der Waals surface area contributed by atoms with Crippen LogP contribution in [-0.2, 0) is 28.2 Å². The van der Waals surface area contributed by atoms with Crippen LogP contribution in [0.4, 0.5) is 0 Å². The zero-order valence-corrected chi connectivity index (χ0v) is 15.2. The summed E-state index contributed by atoms with van der Waals surface area (Å²) in [6.07, 6.45) is 2.53. The van der Waals surface area contributed by atoms with Gasteiger partial charge in [0.2, 0.25) is 0 Å². The highest BCUT2D eigenvalue weighted by Crippen LogP contribution is 2.02. The van der Waals surface area contributed by atoms with Crippen LogP contribution in [0.2, 0.25) is 19.6 Å². The second-order valence-corrected chi connectivity index (χ2v) is 10.5. The maximum atomic E-state index is 11.3. The molecule has 2 amide bonds. The van der Waals surface area contributed by atoms with Gasteiger partial charge in [-0.1, -0.05) is 0 Å². The second-order valence-electron chi connectivity index (χ2n) is 5.96. The lowest BCUT2D eigenvalue weighted by atomic mass is 10.5. The van der Waals surface area contributed by atoms with Crippen molar-refractivity contribution in [3.8, 4) is 0 Å². The summed E-state index contributed by atoms with van der Waals surface area (Å²) in [7, 11) is -1.45. The normalized spacial score (nSPS) is 15.0. The number of rotatable bonds is 13. The fraction of sp³-hybridized carbons (Fsp3) is 0.733. The molecular formula is C15H27NO6Si. The Bertz CT molecular complexity index is 389. The van der Waals surface area contributed by atoms with Gasteiger partial charge in [-0.2, -0.15) is 0 Å². The quantitative estimate of drug-likeness (QED) is 0.279. The van der Waals surface area contributed by atoms with E-state index in [4.69, 9.17) is 18.6 Å². The molecule has 132 valence electrons. The first-order chi connectivity index (χ1) is 10.9.